The number of pyridine rings is 1. The molecule has 3 heteroatoms. The van der Waals surface area contributed by atoms with Gasteiger partial charge < -0.3 is 4.42 Å². The van der Waals surface area contributed by atoms with Crippen molar-refractivity contribution in [2.45, 2.75) is 0 Å². The Kier molecular flexibility index (Phi) is 3.28. The lowest BCUT2D eigenvalue weighted by molar-refractivity contribution is 0.670. The predicted octanol–water partition coefficient (Wildman–Crippen LogP) is 8.95. The van der Waals surface area contributed by atoms with Crippen LogP contribution >= 0.6 is 0 Å². The fraction of sp³-hybridized carbons (Fsp3) is 0. The first-order valence-electron chi connectivity index (χ1n) is 12.2. The van der Waals surface area contributed by atoms with Gasteiger partial charge in [0, 0.05) is 48.8 Å². The number of furan rings is 1. The van der Waals surface area contributed by atoms with Crippen molar-refractivity contribution >= 4 is 71.1 Å². The quantitative estimate of drug-likeness (QED) is 0.246. The number of hydrogen-bond donors (Lipinski definition) is 0. The molecule has 0 saturated heterocycles. The highest BCUT2D eigenvalue weighted by molar-refractivity contribution is 6.29. The molecule has 9 aromatic rings. The van der Waals surface area contributed by atoms with Crippen molar-refractivity contribution in [2.75, 3.05) is 0 Å². The monoisotopic (exact) mass is 458 g/mol. The van der Waals surface area contributed by atoms with Crippen LogP contribution in [0.2, 0.25) is 0 Å². The van der Waals surface area contributed by atoms with Gasteiger partial charge in [0.25, 0.3) is 0 Å². The van der Waals surface area contributed by atoms with E-state index in [9.17, 15) is 0 Å². The van der Waals surface area contributed by atoms with E-state index in [4.69, 9.17) is 9.40 Å². The summed E-state index contributed by atoms with van der Waals surface area (Å²) in [4.78, 5) is 5.26. The summed E-state index contributed by atoms with van der Waals surface area (Å²) in [6.07, 6.45) is 0. The van der Waals surface area contributed by atoms with Crippen molar-refractivity contribution in [3.8, 4) is 11.1 Å². The summed E-state index contributed by atoms with van der Waals surface area (Å²) in [5.41, 5.74) is 8.51. The van der Waals surface area contributed by atoms with Gasteiger partial charge >= 0.3 is 0 Å². The average Bonchev–Trinajstić information content (AvgIpc) is 3.59. The van der Waals surface area contributed by atoms with Crippen LogP contribution < -0.4 is 0 Å². The molecule has 3 nitrogen and oxygen atoms in total. The molecule has 5 aromatic carbocycles. The second kappa shape index (κ2) is 6.41. The summed E-state index contributed by atoms with van der Waals surface area (Å²) in [6, 6.07) is 38.5. The maximum atomic E-state index is 6.52. The molecule has 0 atom stereocenters. The van der Waals surface area contributed by atoms with Crippen molar-refractivity contribution in [2.24, 2.45) is 0 Å². The molecule has 0 radical (unpaired) electrons. The lowest BCUT2D eigenvalue weighted by Crippen LogP contribution is -1.90. The maximum Gasteiger partial charge on any atom is 0.146 e. The molecule has 0 aliphatic rings. The number of fused-ring (bicyclic) bond motifs is 10. The van der Waals surface area contributed by atoms with E-state index < -0.39 is 0 Å². The average molecular weight is 459 g/mol. The van der Waals surface area contributed by atoms with Gasteiger partial charge in [-0.3, -0.25) is 4.40 Å². The number of benzene rings is 5. The Morgan fingerprint density at radius 2 is 1.25 bits per heavy atom. The molecule has 9 rings (SSSR count). The van der Waals surface area contributed by atoms with Gasteiger partial charge in [-0.15, -0.1) is 0 Å². The highest BCUT2D eigenvalue weighted by Gasteiger charge is 2.24. The first kappa shape index (κ1) is 18.4. The number of para-hydroxylation sites is 5. The summed E-state index contributed by atoms with van der Waals surface area (Å²) < 4.78 is 8.87. The van der Waals surface area contributed by atoms with E-state index >= 15 is 0 Å². The van der Waals surface area contributed by atoms with Gasteiger partial charge in [-0.1, -0.05) is 91.0 Å². The summed E-state index contributed by atoms with van der Waals surface area (Å²) >= 11 is 0. The van der Waals surface area contributed by atoms with Crippen LogP contribution in [-0.2, 0) is 0 Å². The zero-order chi connectivity index (χ0) is 23.4. The lowest BCUT2D eigenvalue weighted by atomic mass is 9.94. The van der Waals surface area contributed by atoms with Crippen molar-refractivity contribution in [3.05, 3.63) is 109 Å². The van der Waals surface area contributed by atoms with Crippen LogP contribution in [0, 0.1) is 0 Å². The van der Waals surface area contributed by atoms with E-state index in [0.29, 0.717) is 0 Å². The van der Waals surface area contributed by atoms with Gasteiger partial charge in [-0.05, 0) is 18.2 Å². The van der Waals surface area contributed by atoms with Crippen LogP contribution in [0.4, 0.5) is 0 Å². The van der Waals surface area contributed by atoms with Crippen LogP contribution in [-0.4, -0.2) is 9.38 Å². The first-order chi connectivity index (χ1) is 17.9. The van der Waals surface area contributed by atoms with Gasteiger partial charge in [0.2, 0.25) is 0 Å². The van der Waals surface area contributed by atoms with E-state index in [-0.39, 0.29) is 0 Å². The van der Waals surface area contributed by atoms with E-state index in [1.807, 2.05) is 12.1 Å². The number of nitrogens with zero attached hydrogens (tertiary/aromatic N) is 2. The highest BCUT2D eigenvalue weighted by Crippen LogP contribution is 2.46. The second-order valence-corrected chi connectivity index (χ2v) is 9.54. The third kappa shape index (κ3) is 2.12. The zero-order valence-electron chi connectivity index (χ0n) is 19.2. The Labute approximate surface area is 205 Å². The Morgan fingerprint density at radius 3 is 2.19 bits per heavy atom. The van der Waals surface area contributed by atoms with Gasteiger partial charge in [0.15, 0.2) is 0 Å². The topological polar surface area (TPSA) is 30.4 Å². The number of hydrogen-bond acceptors (Lipinski definition) is 2. The van der Waals surface area contributed by atoms with E-state index in [1.54, 1.807) is 0 Å². The largest absolute Gasteiger partial charge is 0.455 e. The van der Waals surface area contributed by atoms with Crippen molar-refractivity contribution in [1.82, 2.24) is 9.38 Å². The van der Waals surface area contributed by atoms with Gasteiger partial charge in [0.1, 0.15) is 16.8 Å². The molecule has 0 aliphatic carbocycles. The maximum absolute atomic E-state index is 6.52. The smallest absolute Gasteiger partial charge is 0.146 e. The molecule has 0 spiro atoms. The van der Waals surface area contributed by atoms with E-state index in [0.717, 1.165) is 44.1 Å². The molecule has 0 N–H and O–H groups in total. The fourth-order valence-corrected chi connectivity index (χ4v) is 6.28. The highest BCUT2D eigenvalue weighted by atomic mass is 16.3. The normalized spacial score (nSPS) is 12.4. The Hall–Kier alpha value is -4.89. The molecule has 0 unspecified atom stereocenters. The molecule has 0 amide bonds. The minimum absolute atomic E-state index is 0.911. The van der Waals surface area contributed by atoms with Crippen molar-refractivity contribution in [3.63, 3.8) is 0 Å². The third-order valence-corrected chi connectivity index (χ3v) is 7.72. The summed E-state index contributed by atoms with van der Waals surface area (Å²) in [6.45, 7) is 0. The zero-order valence-corrected chi connectivity index (χ0v) is 19.2. The lowest BCUT2D eigenvalue weighted by Gasteiger charge is -2.11. The van der Waals surface area contributed by atoms with Gasteiger partial charge in [-0.2, -0.15) is 0 Å². The molecule has 4 heterocycles. The molecule has 36 heavy (non-hydrogen) atoms. The Morgan fingerprint density at radius 1 is 0.556 bits per heavy atom. The van der Waals surface area contributed by atoms with Crippen LogP contribution in [0.5, 0.6) is 0 Å². The molecule has 0 saturated carbocycles. The molecule has 4 aromatic heterocycles. The molecule has 166 valence electrons. The SMILES string of the molecule is c1ccc2c(-c3cccc4c3oc3ccccc34)c3c4cccc5c6ccccc6n(c3nc2c1)c54. The third-order valence-electron chi connectivity index (χ3n) is 7.72. The second-order valence-electron chi connectivity index (χ2n) is 9.54. The summed E-state index contributed by atoms with van der Waals surface area (Å²) in [5.74, 6) is 0. The molecule has 0 fully saturated rings. The summed E-state index contributed by atoms with van der Waals surface area (Å²) in [7, 11) is 0. The van der Waals surface area contributed by atoms with E-state index in [1.165, 1.54) is 38.1 Å². The number of rotatable bonds is 1. The van der Waals surface area contributed by atoms with Crippen molar-refractivity contribution in [1.29, 1.82) is 0 Å². The standard InChI is InChI=1S/C33H18N2O/c1-4-16-26-23(11-1)29(25-15-8-13-22-20-10-3-6-18-28(20)36-32(22)25)30-24-14-7-12-21-19-9-2-5-17-27(19)35(31(21)24)33(30)34-26/h1-18H. The molecule has 0 bridgehead atoms. The van der Waals surface area contributed by atoms with Crippen LogP contribution in [0.15, 0.2) is 114 Å². The van der Waals surface area contributed by atoms with Crippen LogP contribution in [0.25, 0.3) is 82.2 Å². The Bertz CT molecular complexity index is 2320. The van der Waals surface area contributed by atoms with Crippen molar-refractivity contribution < 1.29 is 4.42 Å². The number of aromatic nitrogens is 2. The first-order valence-corrected chi connectivity index (χ1v) is 12.2. The van der Waals surface area contributed by atoms with Gasteiger partial charge in [-0.25, -0.2) is 4.98 Å². The summed E-state index contributed by atoms with van der Waals surface area (Å²) in [5, 5.41) is 8.33. The predicted molar refractivity (Wildman–Crippen MR) is 149 cm³/mol. The fourth-order valence-electron chi connectivity index (χ4n) is 6.28. The minimum atomic E-state index is 0.911. The molecular formula is C33H18N2O. The Balaban J connectivity index is 1.59. The van der Waals surface area contributed by atoms with Gasteiger partial charge in [0.05, 0.1) is 16.6 Å². The minimum Gasteiger partial charge on any atom is -0.455 e. The van der Waals surface area contributed by atoms with E-state index in [2.05, 4.69) is 101 Å². The molecular weight excluding hydrogens is 440 g/mol. The molecule has 0 aliphatic heterocycles. The van der Waals surface area contributed by atoms with Crippen LogP contribution in [0.3, 0.4) is 0 Å². The van der Waals surface area contributed by atoms with Crippen LogP contribution in [0.1, 0.15) is 0 Å².